The van der Waals surface area contributed by atoms with Gasteiger partial charge in [0.05, 0.1) is 16.7 Å². The van der Waals surface area contributed by atoms with Crippen LogP contribution in [0.4, 0.5) is 14.7 Å². The van der Waals surface area contributed by atoms with E-state index in [-0.39, 0.29) is 5.95 Å². The Labute approximate surface area is 108 Å². The lowest BCUT2D eigenvalue weighted by molar-refractivity contribution is 0.582. The molecule has 0 atom stereocenters. The number of halogens is 2. The average Bonchev–Trinajstić information content (AvgIpc) is 2.62. The number of hydrogen-bond donors (Lipinski definition) is 1. The highest BCUT2D eigenvalue weighted by molar-refractivity contribution is 5.81. The van der Waals surface area contributed by atoms with E-state index in [9.17, 15) is 8.78 Å². The van der Waals surface area contributed by atoms with Crippen LogP contribution in [0.5, 0.6) is 0 Å². The van der Waals surface area contributed by atoms with Gasteiger partial charge in [-0.2, -0.15) is 0 Å². The zero-order chi connectivity index (χ0) is 13.6. The molecule has 0 unspecified atom stereocenters. The second-order valence-electron chi connectivity index (χ2n) is 4.43. The maximum atomic E-state index is 13.3. The normalized spacial score (nSPS) is 11.1. The molecule has 2 N–H and O–H groups in total. The molecule has 0 spiro atoms. The molecule has 0 aliphatic rings. The van der Waals surface area contributed by atoms with Crippen molar-refractivity contribution in [3.8, 4) is 5.69 Å². The maximum absolute atomic E-state index is 13.3. The van der Waals surface area contributed by atoms with E-state index in [4.69, 9.17) is 5.73 Å². The van der Waals surface area contributed by atoms with Crippen molar-refractivity contribution in [1.29, 1.82) is 0 Å². The molecule has 0 aliphatic carbocycles. The van der Waals surface area contributed by atoms with E-state index in [1.165, 1.54) is 16.7 Å². The Balaban J connectivity index is 2.32. The van der Waals surface area contributed by atoms with E-state index in [0.717, 1.165) is 11.6 Å². The van der Waals surface area contributed by atoms with Crippen molar-refractivity contribution in [2.45, 2.75) is 6.92 Å². The lowest BCUT2D eigenvalue weighted by atomic mass is 10.2. The van der Waals surface area contributed by atoms with Gasteiger partial charge in [-0.15, -0.1) is 0 Å². The van der Waals surface area contributed by atoms with E-state index in [1.54, 1.807) is 0 Å². The van der Waals surface area contributed by atoms with Crippen LogP contribution in [0.15, 0.2) is 36.4 Å². The predicted octanol–water partition coefficient (Wildman–Crippen LogP) is 3.19. The lowest BCUT2D eigenvalue weighted by Gasteiger charge is -2.07. The highest BCUT2D eigenvalue weighted by Crippen LogP contribution is 2.24. The molecule has 0 aliphatic heterocycles. The van der Waals surface area contributed by atoms with Crippen LogP contribution >= 0.6 is 0 Å². The smallest absolute Gasteiger partial charge is 0.205 e. The molecule has 3 rings (SSSR count). The highest BCUT2D eigenvalue weighted by Gasteiger charge is 2.11. The van der Waals surface area contributed by atoms with Crippen LogP contribution in [0, 0.1) is 18.6 Å². The Morgan fingerprint density at radius 2 is 1.74 bits per heavy atom. The van der Waals surface area contributed by atoms with E-state index < -0.39 is 11.6 Å². The van der Waals surface area contributed by atoms with Gasteiger partial charge in [0.2, 0.25) is 5.95 Å². The van der Waals surface area contributed by atoms with Crippen LogP contribution in [0.25, 0.3) is 16.7 Å². The zero-order valence-corrected chi connectivity index (χ0v) is 10.2. The Bertz CT molecular complexity index is 757. The summed E-state index contributed by atoms with van der Waals surface area (Å²) in [5.74, 6) is -1.10. The van der Waals surface area contributed by atoms with Crippen LogP contribution in [0.3, 0.4) is 0 Å². The van der Waals surface area contributed by atoms with E-state index >= 15 is 0 Å². The maximum Gasteiger partial charge on any atom is 0.205 e. The number of nitrogens with two attached hydrogens (primary N) is 1. The zero-order valence-electron chi connectivity index (χ0n) is 10.2. The van der Waals surface area contributed by atoms with Crippen LogP contribution in [0.2, 0.25) is 0 Å². The van der Waals surface area contributed by atoms with Crippen LogP contribution in [-0.2, 0) is 0 Å². The topological polar surface area (TPSA) is 43.8 Å². The molecular weight excluding hydrogens is 248 g/mol. The summed E-state index contributed by atoms with van der Waals surface area (Å²) in [5.41, 5.74) is 8.62. The van der Waals surface area contributed by atoms with Gasteiger partial charge >= 0.3 is 0 Å². The molecule has 0 bridgehead atoms. The number of hydrogen-bond acceptors (Lipinski definition) is 2. The molecule has 0 amide bonds. The minimum absolute atomic E-state index is 0.200. The third kappa shape index (κ3) is 1.93. The lowest BCUT2D eigenvalue weighted by Crippen LogP contribution is -2.01. The fraction of sp³-hybridized carbons (Fsp3) is 0.0714. The Morgan fingerprint density at radius 1 is 1.05 bits per heavy atom. The summed E-state index contributed by atoms with van der Waals surface area (Å²) in [4.78, 5) is 4.21. The quantitative estimate of drug-likeness (QED) is 0.729. The SMILES string of the molecule is Cc1ccc2c(c1)nc(N)n2-c1cc(F)cc(F)c1. The Kier molecular flexibility index (Phi) is 2.48. The molecule has 0 fully saturated rings. The molecule has 2 aromatic carbocycles. The third-order valence-corrected chi connectivity index (χ3v) is 2.94. The number of nitrogen functional groups attached to an aromatic ring is 1. The van der Waals surface area contributed by atoms with Gasteiger partial charge in [-0.25, -0.2) is 13.8 Å². The molecule has 3 aromatic rings. The highest BCUT2D eigenvalue weighted by atomic mass is 19.1. The predicted molar refractivity (Wildman–Crippen MR) is 70.1 cm³/mol. The Morgan fingerprint density at radius 3 is 2.42 bits per heavy atom. The van der Waals surface area contributed by atoms with Gasteiger partial charge in [0.15, 0.2) is 0 Å². The number of aromatic nitrogens is 2. The van der Waals surface area contributed by atoms with E-state index in [2.05, 4.69) is 4.98 Å². The number of benzene rings is 2. The monoisotopic (exact) mass is 259 g/mol. The van der Waals surface area contributed by atoms with Crippen LogP contribution < -0.4 is 5.73 Å². The molecular formula is C14H11F2N3. The average molecular weight is 259 g/mol. The van der Waals surface area contributed by atoms with E-state index in [1.807, 2.05) is 25.1 Å². The number of rotatable bonds is 1. The molecule has 0 saturated heterocycles. The molecule has 0 radical (unpaired) electrons. The standard InChI is InChI=1S/C14H11F2N3/c1-8-2-3-13-12(4-8)18-14(17)19(13)11-6-9(15)5-10(16)7-11/h2-7H,1H3,(H2,17,18). The Hall–Kier alpha value is -2.43. The van der Waals surface area contributed by atoms with Crippen molar-refractivity contribution in [1.82, 2.24) is 9.55 Å². The van der Waals surface area contributed by atoms with Crippen molar-refractivity contribution >= 4 is 17.0 Å². The van der Waals surface area contributed by atoms with Crippen molar-refractivity contribution < 1.29 is 8.78 Å². The molecule has 3 nitrogen and oxygen atoms in total. The first-order chi connectivity index (χ1) is 9.04. The van der Waals surface area contributed by atoms with Crippen molar-refractivity contribution in [3.05, 3.63) is 53.6 Å². The van der Waals surface area contributed by atoms with Gasteiger partial charge in [-0.05, 0) is 36.8 Å². The summed E-state index contributed by atoms with van der Waals surface area (Å²) < 4.78 is 28.1. The van der Waals surface area contributed by atoms with Gasteiger partial charge in [0.25, 0.3) is 0 Å². The minimum atomic E-state index is -0.650. The number of nitrogens with zero attached hydrogens (tertiary/aromatic N) is 2. The van der Waals surface area contributed by atoms with Crippen LogP contribution in [-0.4, -0.2) is 9.55 Å². The first-order valence-corrected chi connectivity index (χ1v) is 5.75. The summed E-state index contributed by atoms with van der Waals surface area (Å²) in [6.07, 6.45) is 0. The molecule has 0 saturated carbocycles. The van der Waals surface area contributed by atoms with Crippen LogP contribution in [0.1, 0.15) is 5.56 Å². The first-order valence-electron chi connectivity index (χ1n) is 5.75. The van der Waals surface area contributed by atoms with Crippen molar-refractivity contribution in [2.24, 2.45) is 0 Å². The summed E-state index contributed by atoms with van der Waals surface area (Å²) in [7, 11) is 0. The van der Waals surface area contributed by atoms with E-state index in [0.29, 0.717) is 16.7 Å². The molecule has 1 heterocycles. The van der Waals surface area contributed by atoms with Gasteiger partial charge in [-0.1, -0.05) is 6.07 Å². The van der Waals surface area contributed by atoms with Gasteiger partial charge < -0.3 is 5.73 Å². The van der Waals surface area contributed by atoms with Crippen molar-refractivity contribution in [3.63, 3.8) is 0 Å². The summed E-state index contributed by atoms with van der Waals surface area (Å²) in [6, 6.07) is 8.87. The fourth-order valence-corrected chi connectivity index (χ4v) is 2.15. The molecule has 19 heavy (non-hydrogen) atoms. The van der Waals surface area contributed by atoms with Gasteiger partial charge in [0, 0.05) is 6.07 Å². The third-order valence-electron chi connectivity index (χ3n) is 2.94. The van der Waals surface area contributed by atoms with Gasteiger partial charge in [-0.3, -0.25) is 4.57 Å². The molecule has 5 heteroatoms. The summed E-state index contributed by atoms with van der Waals surface area (Å²) >= 11 is 0. The molecule has 96 valence electrons. The number of aryl methyl sites for hydroxylation is 1. The minimum Gasteiger partial charge on any atom is -0.369 e. The van der Waals surface area contributed by atoms with Crippen molar-refractivity contribution in [2.75, 3.05) is 5.73 Å². The summed E-state index contributed by atoms with van der Waals surface area (Å²) in [6.45, 7) is 1.94. The van der Waals surface area contributed by atoms with Gasteiger partial charge in [0.1, 0.15) is 11.6 Å². The number of fused-ring (bicyclic) bond motifs is 1. The fourth-order valence-electron chi connectivity index (χ4n) is 2.15. The molecule has 1 aromatic heterocycles. The number of imidazole rings is 1. The summed E-state index contributed by atoms with van der Waals surface area (Å²) in [5, 5.41) is 0. The first kappa shape index (κ1) is 11.6. The number of anilines is 1. The largest absolute Gasteiger partial charge is 0.369 e. The second kappa shape index (κ2) is 4.05. The second-order valence-corrected chi connectivity index (χ2v) is 4.43.